The second kappa shape index (κ2) is 6.22. The predicted octanol–water partition coefficient (Wildman–Crippen LogP) is 0.929. The molecule has 6 heteroatoms. The maximum atomic E-state index is 10.3. The van der Waals surface area contributed by atoms with Crippen molar-refractivity contribution in [2.75, 3.05) is 13.6 Å². The Morgan fingerprint density at radius 3 is 2.88 bits per heavy atom. The molecule has 90 valence electrons. The minimum Gasteiger partial charge on any atom is -0.481 e. The Morgan fingerprint density at radius 2 is 2.31 bits per heavy atom. The molecule has 0 amide bonds. The van der Waals surface area contributed by atoms with Gasteiger partial charge >= 0.3 is 5.97 Å². The van der Waals surface area contributed by atoms with Crippen molar-refractivity contribution in [1.29, 1.82) is 0 Å². The zero-order valence-electron chi connectivity index (χ0n) is 9.64. The van der Waals surface area contributed by atoms with Crippen molar-refractivity contribution in [2.45, 2.75) is 32.7 Å². The molecule has 0 aromatic carbocycles. The van der Waals surface area contributed by atoms with Crippen molar-refractivity contribution in [3.05, 3.63) is 11.7 Å². The van der Waals surface area contributed by atoms with Crippen LogP contribution in [0.4, 0.5) is 0 Å². The van der Waals surface area contributed by atoms with E-state index in [0.29, 0.717) is 31.2 Å². The number of hydrogen-bond donors (Lipinski definition) is 1. The summed E-state index contributed by atoms with van der Waals surface area (Å²) in [5.74, 6) is 0.518. The van der Waals surface area contributed by atoms with E-state index in [2.05, 4.69) is 10.1 Å². The van der Waals surface area contributed by atoms with Gasteiger partial charge in [0.25, 0.3) is 0 Å². The summed E-state index contributed by atoms with van der Waals surface area (Å²) < 4.78 is 4.98. The summed E-state index contributed by atoms with van der Waals surface area (Å²) in [5.41, 5.74) is 0. The van der Waals surface area contributed by atoms with Gasteiger partial charge < -0.3 is 9.63 Å². The molecular weight excluding hydrogens is 210 g/mol. The molecule has 1 aromatic rings. The summed E-state index contributed by atoms with van der Waals surface area (Å²) in [4.78, 5) is 16.5. The normalized spacial score (nSPS) is 10.9. The van der Waals surface area contributed by atoms with Crippen molar-refractivity contribution in [2.24, 2.45) is 0 Å². The van der Waals surface area contributed by atoms with Gasteiger partial charge in [-0.2, -0.15) is 4.98 Å². The van der Waals surface area contributed by atoms with Gasteiger partial charge in [0.2, 0.25) is 5.89 Å². The van der Waals surface area contributed by atoms with E-state index in [1.165, 1.54) is 0 Å². The van der Waals surface area contributed by atoms with E-state index < -0.39 is 5.97 Å². The second-order valence-electron chi connectivity index (χ2n) is 3.69. The monoisotopic (exact) mass is 227 g/mol. The van der Waals surface area contributed by atoms with Crippen molar-refractivity contribution >= 4 is 5.97 Å². The predicted molar refractivity (Wildman–Crippen MR) is 56.9 cm³/mol. The van der Waals surface area contributed by atoms with Gasteiger partial charge in [-0.15, -0.1) is 0 Å². The van der Waals surface area contributed by atoms with Crippen molar-refractivity contribution in [1.82, 2.24) is 15.0 Å². The molecular formula is C10H17N3O3. The van der Waals surface area contributed by atoms with Crippen molar-refractivity contribution in [3.8, 4) is 0 Å². The molecule has 0 unspecified atom stereocenters. The lowest BCUT2D eigenvalue weighted by Crippen LogP contribution is -2.20. The van der Waals surface area contributed by atoms with Gasteiger partial charge in [0, 0.05) is 12.8 Å². The van der Waals surface area contributed by atoms with Crippen LogP contribution in [-0.2, 0) is 17.8 Å². The van der Waals surface area contributed by atoms with Crippen LogP contribution in [-0.4, -0.2) is 39.7 Å². The lowest BCUT2D eigenvalue weighted by molar-refractivity contribution is -0.137. The molecule has 1 N–H and O–H groups in total. The quantitative estimate of drug-likeness (QED) is 0.746. The van der Waals surface area contributed by atoms with Gasteiger partial charge in [0.15, 0.2) is 5.82 Å². The van der Waals surface area contributed by atoms with Crippen LogP contribution in [0.15, 0.2) is 4.52 Å². The van der Waals surface area contributed by atoms with Gasteiger partial charge in [-0.25, -0.2) is 0 Å². The summed E-state index contributed by atoms with van der Waals surface area (Å²) in [5, 5.41) is 12.3. The number of carboxylic acid groups (broad SMARTS) is 1. The largest absolute Gasteiger partial charge is 0.481 e. The first-order valence-corrected chi connectivity index (χ1v) is 5.33. The van der Waals surface area contributed by atoms with Crippen molar-refractivity contribution < 1.29 is 14.4 Å². The maximum Gasteiger partial charge on any atom is 0.303 e. The van der Waals surface area contributed by atoms with Crippen LogP contribution in [0, 0.1) is 0 Å². The number of aryl methyl sites for hydroxylation is 1. The van der Waals surface area contributed by atoms with Crippen LogP contribution < -0.4 is 0 Å². The Morgan fingerprint density at radius 1 is 1.56 bits per heavy atom. The number of carboxylic acids is 1. The van der Waals surface area contributed by atoms with Gasteiger partial charge in [0.1, 0.15) is 0 Å². The fraction of sp³-hybridized carbons (Fsp3) is 0.700. The number of carbonyl (C=O) groups is 1. The molecule has 1 aromatic heterocycles. The highest BCUT2D eigenvalue weighted by Crippen LogP contribution is 2.02. The Bertz CT molecular complexity index is 338. The molecule has 0 aliphatic carbocycles. The Balaban J connectivity index is 2.28. The highest BCUT2D eigenvalue weighted by Gasteiger charge is 2.07. The summed E-state index contributed by atoms with van der Waals surface area (Å²) in [7, 11) is 1.91. The third kappa shape index (κ3) is 4.39. The second-order valence-corrected chi connectivity index (χ2v) is 3.69. The molecule has 0 saturated carbocycles. The van der Waals surface area contributed by atoms with E-state index in [0.717, 1.165) is 6.42 Å². The topological polar surface area (TPSA) is 79.5 Å². The fourth-order valence-corrected chi connectivity index (χ4v) is 1.32. The first kappa shape index (κ1) is 12.6. The zero-order valence-corrected chi connectivity index (χ0v) is 9.64. The summed E-state index contributed by atoms with van der Waals surface area (Å²) in [6, 6.07) is 0. The standard InChI is InChI=1S/C10H17N3O3/c1-3-9-11-8(12-16-9)7-13(2)6-4-5-10(14)15/h3-7H2,1-2H3,(H,14,15). The average Bonchev–Trinajstić information content (AvgIpc) is 2.65. The molecule has 0 spiro atoms. The van der Waals surface area contributed by atoms with E-state index in [4.69, 9.17) is 9.63 Å². The minimum absolute atomic E-state index is 0.191. The van der Waals surface area contributed by atoms with Crippen LogP contribution in [0.1, 0.15) is 31.5 Å². The summed E-state index contributed by atoms with van der Waals surface area (Å²) >= 11 is 0. The van der Waals surface area contributed by atoms with Gasteiger partial charge in [-0.05, 0) is 20.0 Å². The summed E-state index contributed by atoms with van der Waals surface area (Å²) in [6.45, 7) is 3.25. The van der Waals surface area contributed by atoms with E-state index in [1.807, 2.05) is 18.9 Å². The van der Waals surface area contributed by atoms with Crippen LogP contribution in [0.5, 0.6) is 0 Å². The molecule has 1 rings (SSSR count). The average molecular weight is 227 g/mol. The first-order valence-electron chi connectivity index (χ1n) is 5.33. The molecule has 0 bridgehead atoms. The lowest BCUT2D eigenvalue weighted by Gasteiger charge is -2.12. The number of nitrogens with zero attached hydrogens (tertiary/aromatic N) is 3. The maximum absolute atomic E-state index is 10.3. The number of rotatable bonds is 7. The Labute approximate surface area is 94.3 Å². The van der Waals surface area contributed by atoms with Crippen LogP contribution >= 0.6 is 0 Å². The molecule has 0 fully saturated rings. The molecule has 0 radical (unpaired) electrons. The first-order chi connectivity index (χ1) is 7.61. The van der Waals surface area contributed by atoms with E-state index in [1.54, 1.807) is 0 Å². The highest BCUT2D eigenvalue weighted by atomic mass is 16.5. The third-order valence-electron chi connectivity index (χ3n) is 2.15. The van der Waals surface area contributed by atoms with Gasteiger partial charge in [-0.1, -0.05) is 12.1 Å². The van der Waals surface area contributed by atoms with E-state index in [9.17, 15) is 4.79 Å². The fourth-order valence-electron chi connectivity index (χ4n) is 1.32. The lowest BCUT2D eigenvalue weighted by atomic mass is 10.3. The zero-order chi connectivity index (χ0) is 12.0. The molecule has 6 nitrogen and oxygen atoms in total. The van der Waals surface area contributed by atoms with E-state index in [-0.39, 0.29) is 6.42 Å². The highest BCUT2D eigenvalue weighted by molar-refractivity contribution is 5.66. The number of aromatic nitrogens is 2. The van der Waals surface area contributed by atoms with Crippen LogP contribution in [0.25, 0.3) is 0 Å². The molecule has 0 atom stereocenters. The van der Waals surface area contributed by atoms with Gasteiger partial charge in [-0.3, -0.25) is 9.69 Å². The smallest absolute Gasteiger partial charge is 0.303 e. The van der Waals surface area contributed by atoms with Crippen molar-refractivity contribution in [3.63, 3.8) is 0 Å². The third-order valence-corrected chi connectivity index (χ3v) is 2.15. The summed E-state index contributed by atoms with van der Waals surface area (Å²) in [6.07, 6.45) is 1.55. The van der Waals surface area contributed by atoms with Crippen LogP contribution in [0.2, 0.25) is 0 Å². The van der Waals surface area contributed by atoms with Crippen LogP contribution in [0.3, 0.4) is 0 Å². The molecule has 0 aliphatic heterocycles. The Hall–Kier alpha value is -1.43. The number of aliphatic carboxylic acids is 1. The molecule has 0 aliphatic rings. The minimum atomic E-state index is -0.763. The molecule has 0 saturated heterocycles. The molecule has 1 heterocycles. The van der Waals surface area contributed by atoms with Gasteiger partial charge in [0.05, 0.1) is 6.54 Å². The molecule has 16 heavy (non-hydrogen) atoms. The Kier molecular flexibility index (Phi) is 4.91. The SMILES string of the molecule is CCc1nc(CN(C)CCCC(=O)O)no1. The van der Waals surface area contributed by atoms with E-state index >= 15 is 0 Å². The number of hydrogen-bond acceptors (Lipinski definition) is 5.